The van der Waals surface area contributed by atoms with Crippen LogP contribution in [-0.4, -0.2) is 25.0 Å². The Morgan fingerprint density at radius 3 is 2.34 bits per heavy atom. The van der Waals surface area contributed by atoms with E-state index >= 15 is 0 Å². The predicted molar refractivity (Wildman–Crippen MR) is 147 cm³/mol. The van der Waals surface area contributed by atoms with Crippen LogP contribution in [0.2, 0.25) is 0 Å². The van der Waals surface area contributed by atoms with Crippen molar-refractivity contribution in [2.75, 3.05) is 6.61 Å². The average molecular weight is 501 g/mol. The van der Waals surface area contributed by atoms with Gasteiger partial charge in [-0.2, -0.15) is 0 Å². The summed E-state index contributed by atoms with van der Waals surface area (Å²) in [7, 11) is 0. The van der Waals surface area contributed by atoms with Gasteiger partial charge in [0.15, 0.2) is 6.29 Å². The lowest BCUT2D eigenvalue weighted by molar-refractivity contribution is -0.138. The van der Waals surface area contributed by atoms with Crippen molar-refractivity contribution in [1.29, 1.82) is 0 Å². The van der Waals surface area contributed by atoms with Gasteiger partial charge in [0, 0.05) is 6.08 Å². The number of carbonyl (C=O) groups is 1. The maximum atomic E-state index is 11.8. The zero-order valence-corrected chi connectivity index (χ0v) is 21.1. The Balaban J connectivity index is 1.39. The summed E-state index contributed by atoms with van der Waals surface area (Å²) in [6, 6.07) is 24.0. The molecule has 0 aromatic heterocycles. The van der Waals surface area contributed by atoms with Gasteiger partial charge in [0.2, 0.25) is 0 Å². The Hall–Kier alpha value is -3.99. The van der Waals surface area contributed by atoms with Crippen molar-refractivity contribution in [1.82, 2.24) is 0 Å². The zero-order chi connectivity index (χ0) is 25.9. The number of hydrogen-bond acceptors (Lipinski definition) is 4. The molecule has 38 heavy (non-hydrogen) atoms. The van der Waals surface area contributed by atoms with E-state index in [9.17, 15) is 4.79 Å². The van der Waals surface area contributed by atoms with Crippen molar-refractivity contribution < 1.29 is 19.0 Å². The zero-order valence-electron chi connectivity index (χ0n) is 21.1. The Labute approximate surface area is 222 Å². The molecule has 0 saturated carbocycles. The second-order valence-electron chi connectivity index (χ2n) is 10.2. The highest BCUT2D eigenvalue weighted by Crippen LogP contribution is 2.63. The molecule has 2 atom stereocenters. The summed E-state index contributed by atoms with van der Waals surface area (Å²) in [4.78, 5) is 11.8. The molecule has 1 heterocycles. The van der Waals surface area contributed by atoms with Crippen LogP contribution in [-0.2, 0) is 31.0 Å². The largest absolute Gasteiger partial charge is 0.458 e. The summed E-state index contributed by atoms with van der Waals surface area (Å²) < 4.78 is 17.0. The van der Waals surface area contributed by atoms with Gasteiger partial charge in [0.1, 0.15) is 12.7 Å². The molecule has 2 unspecified atom stereocenters. The molecule has 3 aliphatic carbocycles. The summed E-state index contributed by atoms with van der Waals surface area (Å²) in [5.74, 6) is -0.417. The summed E-state index contributed by atoms with van der Waals surface area (Å²) in [5.41, 5.74) is 12.2. The number of benzene rings is 3. The maximum Gasteiger partial charge on any atom is 0.330 e. The van der Waals surface area contributed by atoms with E-state index in [1.807, 2.05) is 0 Å². The molecule has 4 nitrogen and oxygen atoms in total. The van der Waals surface area contributed by atoms with Crippen LogP contribution in [0.3, 0.4) is 0 Å². The monoisotopic (exact) mass is 500 g/mol. The Kier molecular flexibility index (Phi) is 5.36. The Bertz CT molecular complexity index is 1530. The van der Waals surface area contributed by atoms with Gasteiger partial charge in [0.05, 0.1) is 12.0 Å². The highest BCUT2D eigenvalue weighted by molar-refractivity contribution is 5.96. The lowest BCUT2D eigenvalue weighted by Gasteiger charge is -2.33. The summed E-state index contributed by atoms with van der Waals surface area (Å²) >= 11 is 0. The molecule has 3 aromatic carbocycles. The fourth-order valence-corrected chi connectivity index (χ4v) is 6.54. The van der Waals surface area contributed by atoms with Crippen LogP contribution in [0.25, 0.3) is 16.7 Å². The van der Waals surface area contributed by atoms with Gasteiger partial charge in [-0.3, -0.25) is 0 Å². The third-order valence-electron chi connectivity index (χ3n) is 8.24. The van der Waals surface area contributed by atoms with Gasteiger partial charge in [0.25, 0.3) is 0 Å². The SMILES string of the molecule is C=CC(=O)OCc1ccc2c(c1)C1(C3=C2CCC(COC2OC2C=C)=C3)c2ccccc2-c2ccccc21. The van der Waals surface area contributed by atoms with Gasteiger partial charge >= 0.3 is 5.97 Å². The van der Waals surface area contributed by atoms with Crippen molar-refractivity contribution in [2.24, 2.45) is 0 Å². The molecule has 7 rings (SSSR count). The number of allylic oxidation sites excluding steroid dienone is 3. The smallest absolute Gasteiger partial charge is 0.330 e. The topological polar surface area (TPSA) is 48.1 Å². The van der Waals surface area contributed by atoms with E-state index in [4.69, 9.17) is 14.2 Å². The lowest BCUT2D eigenvalue weighted by atomic mass is 9.68. The number of hydrogen-bond donors (Lipinski definition) is 0. The average Bonchev–Trinajstić information content (AvgIpc) is 3.60. The number of epoxide rings is 1. The molecule has 0 radical (unpaired) electrons. The maximum absolute atomic E-state index is 11.8. The summed E-state index contributed by atoms with van der Waals surface area (Å²) in [5, 5.41) is 0. The molecule has 0 N–H and O–H groups in total. The normalized spacial score (nSPS) is 21.2. The van der Waals surface area contributed by atoms with E-state index in [1.165, 1.54) is 56.2 Å². The molecule has 1 fully saturated rings. The van der Waals surface area contributed by atoms with Gasteiger partial charge in [-0.1, -0.05) is 85.5 Å². The van der Waals surface area contributed by atoms with Crippen LogP contribution < -0.4 is 0 Å². The Morgan fingerprint density at radius 2 is 1.66 bits per heavy atom. The number of fused-ring (bicyclic) bond motifs is 9. The summed E-state index contributed by atoms with van der Waals surface area (Å²) in [6.45, 7) is 8.08. The standard InChI is InChI=1S/C34H28O4/c1-3-31-33(38-31)37-20-22-14-16-26-25-15-13-21(19-36-32(35)4-2)17-29(25)34(30(26)18-22)27-11-7-5-9-23(27)24-10-6-8-12-28(24)34/h3-13,15,17-18,31,33H,1-2,14,16,19-20H2. The minimum atomic E-state index is -0.429. The van der Waals surface area contributed by atoms with Crippen LogP contribution in [0.4, 0.5) is 0 Å². The van der Waals surface area contributed by atoms with Crippen LogP contribution in [0.5, 0.6) is 0 Å². The van der Waals surface area contributed by atoms with Crippen molar-refractivity contribution in [3.8, 4) is 11.1 Å². The predicted octanol–water partition coefficient (Wildman–Crippen LogP) is 6.65. The highest BCUT2D eigenvalue weighted by Gasteiger charge is 2.52. The quantitative estimate of drug-likeness (QED) is 0.158. The molecule has 188 valence electrons. The molecule has 0 amide bonds. The fourth-order valence-electron chi connectivity index (χ4n) is 6.54. The molecule has 4 heteroatoms. The van der Waals surface area contributed by atoms with Crippen molar-refractivity contribution in [3.05, 3.63) is 137 Å². The van der Waals surface area contributed by atoms with Gasteiger partial charge in [-0.05, 0) is 68.5 Å². The fraction of sp³-hybridized carbons (Fsp3) is 0.206. The van der Waals surface area contributed by atoms with E-state index in [0.29, 0.717) is 6.61 Å². The van der Waals surface area contributed by atoms with E-state index in [0.717, 1.165) is 18.4 Å². The first-order valence-electron chi connectivity index (χ1n) is 13.1. The molecule has 4 aliphatic rings. The first-order valence-corrected chi connectivity index (χ1v) is 13.1. The molecular formula is C34H28O4. The minimum absolute atomic E-state index is 0.00163. The second-order valence-corrected chi connectivity index (χ2v) is 10.2. The first-order chi connectivity index (χ1) is 18.6. The molecule has 1 aliphatic heterocycles. The van der Waals surface area contributed by atoms with Crippen LogP contribution >= 0.6 is 0 Å². The summed E-state index contributed by atoms with van der Waals surface area (Å²) in [6.07, 6.45) is 7.08. The third kappa shape index (κ3) is 3.34. The van der Waals surface area contributed by atoms with E-state index in [2.05, 4.69) is 86.0 Å². The molecule has 1 spiro atoms. The van der Waals surface area contributed by atoms with Gasteiger partial charge < -0.3 is 14.2 Å². The molecular weight excluding hydrogens is 472 g/mol. The van der Waals surface area contributed by atoms with Gasteiger partial charge in [-0.15, -0.1) is 6.58 Å². The second kappa shape index (κ2) is 8.80. The minimum Gasteiger partial charge on any atom is -0.458 e. The van der Waals surface area contributed by atoms with Crippen LogP contribution in [0.15, 0.2) is 109 Å². The number of ether oxygens (including phenoxy) is 3. The van der Waals surface area contributed by atoms with Gasteiger partial charge in [-0.25, -0.2) is 4.79 Å². The van der Waals surface area contributed by atoms with Crippen LogP contribution in [0, 0.1) is 0 Å². The first kappa shape index (κ1) is 23.2. The number of carbonyl (C=O) groups excluding carboxylic acids is 1. The molecule has 0 bridgehead atoms. The lowest BCUT2D eigenvalue weighted by Crippen LogP contribution is -2.27. The van der Waals surface area contributed by atoms with E-state index < -0.39 is 11.4 Å². The molecule has 3 aromatic rings. The Morgan fingerprint density at radius 1 is 0.921 bits per heavy atom. The molecule has 1 saturated heterocycles. The van der Waals surface area contributed by atoms with Crippen molar-refractivity contribution >= 4 is 11.5 Å². The highest BCUT2D eigenvalue weighted by atomic mass is 16.8. The third-order valence-corrected chi connectivity index (χ3v) is 8.24. The number of rotatable bonds is 7. The van der Waals surface area contributed by atoms with E-state index in [1.54, 1.807) is 6.08 Å². The van der Waals surface area contributed by atoms with Crippen molar-refractivity contribution in [3.63, 3.8) is 0 Å². The van der Waals surface area contributed by atoms with Crippen molar-refractivity contribution in [2.45, 2.75) is 37.3 Å². The van der Waals surface area contributed by atoms with E-state index in [-0.39, 0.29) is 19.0 Å². The number of esters is 1. The van der Waals surface area contributed by atoms with Crippen LogP contribution in [0.1, 0.15) is 40.7 Å².